The lowest BCUT2D eigenvalue weighted by atomic mass is 9.95. The molecule has 1 aliphatic rings. The van der Waals surface area contributed by atoms with Crippen LogP contribution < -0.4 is 0 Å². The summed E-state index contributed by atoms with van der Waals surface area (Å²) in [5.74, 6) is 2.73. The lowest BCUT2D eigenvalue weighted by Crippen LogP contribution is -1.88. The van der Waals surface area contributed by atoms with Crippen LogP contribution in [0.1, 0.15) is 43.7 Å². The van der Waals surface area contributed by atoms with E-state index in [0.29, 0.717) is 0 Å². The first-order valence-electron chi connectivity index (χ1n) is 7.65. The molecule has 0 atom stereocenters. The average molecular weight is 272 g/mol. The van der Waals surface area contributed by atoms with Gasteiger partial charge < -0.3 is 0 Å². The maximum Gasteiger partial charge on any atom is 0.00861 e. The summed E-state index contributed by atoms with van der Waals surface area (Å²) >= 11 is 0. The molecule has 21 heavy (non-hydrogen) atoms. The van der Waals surface area contributed by atoms with E-state index in [1.165, 1.54) is 39.8 Å². The van der Waals surface area contributed by atoms with E-state index < -0.39 is 0 Å². The van der Waals surface area contributed by atoms with Crippen LogP contribution in [0.2, 0.25) is 0 Å². The number of hydrogen-bond donors (Lipinski definition) is 0. The molecule has 0 heterocycles. The van der Waals surface area contributed by atoms with Crippen LogP contribution in [-0.2, 0) is 0 Å². The third-order valence-corrected chi connectivity index (χ3v) is 4.23. The predicted octanol–water partition coefficient (Wildman–Crippen LogP) is 5.68. The molecule has 0 unspecified atom stereocenters. The number of benzene rings is 2. The van der Waals surface area contributed by atoms with Gasteiger partial charge in [-0.1, -0.05) is 54.1 Å². The lowest BCUT2D eigenvalue weighted by molar-refractivity contribution is 0.752. The Bertz CT molecular complexity index is 678. The van der Waals surface area contributed by atoms with E-state index >= 15 is 0 Å². The second kappa shape index (κ2) is 6.02. The first-order valence-corrected chi connectivity index (χ1v) is 7.65. The van der Waals surface area contributed by atoms with Crippen molar-refractivity contribution >= 4 is 5.57 Å². The van der Waals surface area contributed by atoms with Gasteiger partial charge in [-0.25, -0.2) is 0 Å². The number of rotatable bonds is 4. The molecule has 3 rings (SSSR count). The van der Waals surface area contributed by atoms with Gasteiger partial charge in [0.25, 0.3) is 0 Å². The van der Waals surface area contributed by atoms with E-state index in [4.69, 9.17) is 6.42 Å². The van der Waals surface area contributed by atoms with Gasteiger partial charge in [0.2, 0.25) is 0 Å². The summed E-state index contributed by atoms with van der Waals surface area (Å²) in [5.41, 5.74) is 8.41. The number of terminal acetylenes is 1. The van der Waals surface area contributed by atoms with E-state index in [2.05, 4.69) is 61.4 Å². The maximum absolute atomic E-state index is 5.33. The Kier molecular flexibility index (Phi) is 3.93. The molecule has 0 amide bonds. The molecule has 0 bridgehead atoms. The molecular weight excluding hydrogens is 252 g/mol. The predicted molar refractivity (Wildman–Crippen MR) is 90.9 cm³/mol. The van der Waals surface area contributed by atoms with Gasteiger partial charge in [-0.15, -0.1) is 12.3 Å². The Morgan fingerprint density at radius 1 is 0.857 bits per heavy atom. The number of fused-ring (bicyclic) bond motifs is 3. The zero-order valence-corrected chi connectivity index (χ0v) is 12.5. The summed E-state index contributed by atoms with van der Waals surface area (Å²) in [6.45, 7) is 2.27. The number of unbranched alkanes of at least 4 members (excludes halogenated alkanes) is 2. The maximum atomic E-state index is 5.33. The average Bonchev–Trinajstić information content (AvgIpc) is 2.86. The summed E-state index contributed by atoms with van der Waals surface area (Å²) in [5, 5.41) is 0. The van der Waals surface area contributed by atoms with Gasteiger partial charge in [-0.05, 0) is 54.0 Å². The van der Waals surface area contributed by atoms with Gasteiger partial charge in [-0.3, -0.25) is 0 Å². The first kappa shape index (κ1) is 13.7. The Morgan fingerprint density at radius 2 is 1.38 bits per heavy atom. The van der Waals surface area contributed by atoms with E-state index in [1.54, 1.807) is 0 Å². The van der Waals surface area contributed by atoms with Gasteiger partial charge in [0.05, 0.1) is 0 Å². The van der Waals surface area contributed by atoms with Crippen LogP contribution in [0.5, 0.6) is 0 Å². The van der Waals surface area contributed by atoms with E-state index in [0.717, 1.165) is 19.3 Å². The zero-order valence-electron chi connectivity index (χ0n) is 12.5. The minimum absolute atomic E-state index is 0.885. The molecule has 0 N–H and O–H groups in total. The van der Waals surface area contributed by atoms with Crippen molar-refractivity contribution in [1.29, 1.82) is 0 Å². The Labute approximate surface area is 127 Å². The van der Waals surface area contributed by atoms with Crippen molar-refractivity contribution < 1.29 is 0 Å². The molecule has 2 aromatic rings. The minimum atomic E-state index is 0.885. The van der Waals surface area contributed by atoms with Crippen molar-refractivity contribution in [3.8, 4) is 23.5 Å². The molecule has 0 nitrogen and oxygen atoms in total. The first-order chi connectivity index (χ1) is 10.3. The van der Waals surface area contributed by atoms with Crippen LogP contribution >= 0.6 is 0 Å². The summed E-state index contributed by atoms with van der Waals surface area (Å²) in [4.78, 5) is 0. The number of hydrogen-bond acceptors (Lipinski definition) is 0. The molecule has 104 valence electrons. The van der Waals surface area contributed by atoms with Crippen molar-refractivity contribution in [2.75, 3.05) is 0 Å². The Balaban J connectivity index is 2.00. The standard InChI is InChI=1S/C21H20/c1-3-4-5-6-11-16(2)21-19-14-9-7-12-17(19)18-13-8-10-15-20(18)21/h1,7-10,12-15H,4-6,11H2,2H3. The summed E-state index contributed by atoms with van der Waals surface area (Å²) in [6, 6.07) is 17.5. The van der Waals surface area contributed by atoms with E-state index in [1.807, 2.05) is 0 Å². The third-order valence-electron chi connectivity index (χ3n) is 4.23. The molecule has 0 saturated carbocycles. The van der Waals surface area contributed by atoms with Crippen LogP contribution in [0.4, 0.5) is 0 Å². The fraction of sp³-hybridized carbons (Fsp3) is 0.238. The van der Waals surface area contributed by atoms with Crippen LogP contribution in [0, 0.1) is 12.3 Å². The third kappa shape index (κ3) is 2.52. The molecule has 0 fully saturated rings. The van der Waals surface area contributed by atoms with Gasteiger partial charge in [0, 0.05) is 6.42 Å². The fourth-order valence-electron chi connectivity index (χ4n) is 3.22. The van der Waals surface area contributed by atoms with Crippen LogP contribution in [-0.4, -0.2) is 0 Å². The normalized spacial score (nSPS) is 11.7. The van der Waals surface area contributed by atoms with Crippen molar-refractivity contribution in [3.05, 3.63) is 65.2 Å². The Morgan fingerprint density at radius 3 is 1.90 bits per heavy atom. The summed E-state index contributed by atoms with van der Waals surface area (Å²) in [7, 11) is 0. The topological polar surface area (TPSA) is 0 Å². The minimum Gasteiger partial charge on any atom is -0.120 e. The molecule has 0 spiro atoms. The molecule has 0 saturated heterocycles. The molecular formula is C21H20. The summed E-state index contributed by atoms with van der Waals surface area (Å²) < 4.78 is 0. The zero-order chi connectivity index (χ0) is 14.7. The van der Waals surface area contributed by atoms with Crippen LogP contribution in [0.3, 0.4) is 0 Å². The van der Waals surface area contributed by atoms with Gasteiger partial charge >= 0.3 is 0 Å². The highest BCUT2D eigenvalue weighted by atomic mass is 14.3. The lowest BCUT2D eigenvalue weighted by Gasteiger charge is -2.09. The Hall–Kier alpha value is -2.26. The van der Waals surface area contributed by atoms with Crippen molar-refractivity contribution in [2.45, 2.75) is 32.6 Å². The van der Waals surface area contributed by atoms with Crippen LogP contribution in [0.15, 0.2) is 54.1 Å². The SMILES string of the molecule is C#CCCCCC(C)=C1c2ccccc2-c2ccccc21. The smallest absolute Gasteiger partial charge is 0.00861 e. The van der Waals surface area contributed by atoms with E-state index in [9.17, 15) is 0 Å². The van der Waals surface area contributed by atoms with E-state index in [-0.39, 0.29) is 0 Å². The molecule has 0 radical (unpaired) electrons. The highest BCUT2D eigenvalue weighted by Crippen LogP contribution is 2.45. The second-order valence-corrected chi connectivity index (χ2v) is 5.66. The highest BCUT2D eigenvalue weighted by molar-refractivity contribution is 6.01. The highest BCUT2D eigenvalue weighted by Gasteiger charge is 2.23. The van der Waals surface area contributed by atoms with Crippen molar-refractivity contribution in [3.63, 3.8) is 0 Å². The van der Waals surface area contributed by atoms with Gasteiger partial charge in [0.15, 0.2) is 0 Å². The fourth-order valence-corrected chi connectivity index (χ4v) is 3.22. The quantitative estimate of drug-likeness (QED) is 0.423. The second-order valence-electron chi connectivity index (χ2n) is 5.66. The van der Waals surface area contributed by atoms with Crippen LogP contribution in [0.25, 0.3) is 16.7 Å². The monoisotopic (exact) mass is 272 g/mol. The largest absolute Gasteiger partial charge is 0.120 e. The van der Waals surface area contributed by atoms with Gasteiger partial charge in [-0.2, -0.15) is 0 Å². The molecule has 0 heteroatoms. The van der Waals surface area contributed by atoms with Crippen molar-refractivity contribution in [1.82, 2.24) is 0 Å². The number of allylic oxidation sites excluding steroid dienone is 1. The summed E-state index contributed by atoms with van der Waals surface area (Å²) in [6.07, 6.45) is 9.63. The molecule has 0 aliphatic heterocycles. The molecule has 2 aromatic carbocycles. The van der Waals surface area contributed by atoms with Crippen molar-refractivity contribution in [2.24, 2.45) is 0 Å². The molecule has 0 aromatic heterocycles. The van der Waals surface area contributed by atoms with Gasteiger partial charge in [0.1, 0.15) is 0 Å². The molecule has 1 aliphatic carbocycles.